The molecule has 2 N–H and O–H groups in total. The summed E-state index contributed by atoms with van der Waals surface area (Å²) in [7, 11) is 0. The highest BCUT2D eigenvalue weighted by Gasteiger charge is 2.31. The van der Waals surface area contributed by atoms with Crippen LogP contribution >= 0.6 is 0 Å². The van der Waals surface area contributed by atoms with Crippen molar-refractivity contribution < 1.29 is 13.9 Å². The van der Waals surface area contributed by atoms with E-state index < -0.39 is 17.1 Å². The quantitative estimate of drug-likeness (QED) is 0.709. The Kier molecular flexibility index (Phi) is 4.55. The molecule has 2 aromatic carbocycles. The van der Waals surface area contributed by atoms with Gasteiger partial charge in [0.15, 0.2) is 5.60 Å². The summed E-state index contributed by atoms with van der Waals surface area (Å²) in [5, 5.41) is 0.795. The van der Waals surface area contributed by atoms with Crippen molar-refractivity contribution in [3.63, 3.8) is 0 Å². The van der Waals surface area contributed by atoms with Gasteiger partial charge in [0.25, 0.3) is 5.91 Å². The van der Waals surface area contributed by atoms with Crippen LogP contribution in [-0.4, -0.2) is 11.5 Å². The van der Waals surface area contributed by atoms with Crippen molar-refractivity contribution in [3.05, 3.63) is 64.5 Å². The number of hydrogen-bond acceptors (Lipinski definition) is 4. The molecule has 0 saturated heterocycles. The molecule has 0 radical (unpaired) electrons. The molecule has 0 aliphatic heterocycles. The van der Waals surface area contributed by atoms with Crippen molar-refractivity contribution in [3.8, 4) is 16.9 Å². The van der Waals surface area contributed by atoms with Crippen molar-refractivity contribution in [1.29, 1.82) is 0 Å². The third kappa shape index (κ3) is 3.20. The maximum Gasteiger partial charge on any atom is 0.336 e. The fourth-order valence-corrected chi connectivity index (χ4v) is 2.86. The van der Waals surface area contributed by atoms with Crippen LogP contribution in [0.2, 0.25) is 0 Å². The second kappa shape index (κ2) is 6.67. The third-order valence-electron chi connectivity index (χ3n) is 4.69. The van der Waals surface area contributed by atoms with E-state index in [2.05, 4.69) is 0 Å². The van der Waals surface area contributed by atoms with Gasteiger partial charge >= 0.3 is 5.63 Å². The summed E-state index contributed by atoms with van der Waals surface area (Å²) in [5.41, 5.74) is 7.11. The van der Waals surface area contributed by atoms with E-state index in [-0.39, 0.29) is 0 Å². The molecule has 3 rings (SSSR count). The molecule has 0 bridgehead atoms. The Morgan fingerprint density at radius 2 is 1.88 bits per heavy atom. The number of benzene rings is 2. The summed E-state index contributed by atoms with van der Waals surface area (Å²) in [4.78, 5) is 23.7. The Hall–Kier alpha value is -3.08. The number of primary amides is 1. The first-order valence-corrected chi connectivity index (χ1v) is 8.47. The van der Waals surface area contributed by atoms with Gasteiger partial charge in [-0.1, -0.05) is 31.2 Å². The minimum Gasteiger partial charge on any atom is -0.478 e. The first-order chi connectivity index (χ1) is 12.3. The lowest BCUT2D eigenvalue weighted by molar-refractivity contribution is -0.132. The van der Waals surface area contributed by atoms with Gasteiger partial charge in [0.2, 0.25) is 0 Å². The lowest BCUT2D eigenvalue weighted by Crippen LogP contribution is -2.45. The first kappa shape index (κ1) is 17.7. The number of rotatable bonds is 5. The number of ether oxygens (including phenoxy) is 1. The monoisotopic (exact) mass is 351 g/mol. The molecule has 0 aliphatic rings. The van der Waals surface area contributed by atoms with Crippen LogP contribution in [0.5, 0.6) is 5.75 Å². The molecule has 0 spiro atoms. The molecular weight excluding hydrogens is 330 g/mol. The average molecular weight is 351 g/mol. The van der Waals surface area contributed by atoms with Crippen molar-refractivity contribution in [1.82, 2.24) is 0 Å². The van der Waals surface area contributed by atoms with Gasteiger partial charge in [-0.3, -0.25) is 4.79 Å². The molecule has 0 saturated carbocycles. The van der Waals surface area contributed by atoms with Crippen LogP contribution < -0.4 is 16.1 Å². The topological polar surface area (TPSA) is 82.5 Å². The molecule has 134 valence electrons. The molecule has 5 heteroatoms. The fraction of sp³-hybridized carbons (Fsp3) is 0.238. The van der Waals surface area contributed by atoms with Gasteiger partial charge in [-0.25, -0.2) is 4.79 Å². The number of carbonyl (C=O) groups excluding carboxylic acids is 1. The van der Waals surface area contributed by atoms with Gasteiger partial charge in [-0.15, -0.1) is 0 Å². The first-order valence-electron chi connectivity index (χ1n) is 8.47. The van der Waals surface area contributed by atoms with Gasteiger partial charge in [0.1, 0.15) is 11.3 Å². The molecule has 1 atom stereocenters. The average Bonchev–Trinajstić information content (AvgIpc) is 2.61. The lowest BCUT2D eigenvalue weighted by Gasteiger charge is -2.26. The molecule has 0 fully saturated rings. The second-order valence-electron chi connectivity index (χ2n) is 6.50. The van der Waals surface area contributed by atoms with Crippen LogP contribution in [0.1, 0.15) is 25.8 Å². The molecule has 1 unspecified atom stereocenters. The largest absolute Gasteiger partial charge is 0.478 e. The van der Waals surface area contributed by atoms with Gasteiger partial charge in [0.05, 0.1) is 0 Å². The molecule has 0 aliphatic carbocycles. The zero-order chi connectivity index (χ0) is 18.9. The number of aryl methyl sites for hydroxylation is 1. The number of hydrogen-bond donors (Lipinski definition) is 1. The van der Waals surface area contributed by atoms with E-state index in [4.69, 9.17) is 14.9 Å². The Balaban J connectivity index is 2.14. The highest BCUT2D eigenvalue weighted by atomic mass is 16.5. The Morgan fingerprint density at radius 3 is 2.54 bits per heavy atom. The molecule has 5 nitrogen and oxygen atoms in total. The molecule has 1 heterocycles. The molecular formula is C21H21NO4. The number of amides is 1. The van der Waals surface area contributed by atoms with Crippen LogP contribution in [0.4, 0.5) is 0 Å². The van der Waals surface area contributed by atoms with Crippen LogP contribution in [0.15, 0.2) is 57.7 Å². The van der Waals surface area contributed by atoms with E-state index >= 15 is 0 Å². The Labute approximate surface area is 151 Å². The van der Waals surface area contributed by atoms with Gasteiger partial charge in [0, 0.05) is 23.1 Å². The molecule has 3 aromatic rings. The minimum absolute atomic E-state index is 0.399. The Morgan fingerprint density at radius 1 is 1.15 bits per heavy atom. The molecule has 1 aromatic heterocycles. The summed E-state index contributed by atoms with van der Waals surface area (Å²) in [6, 6.07) is 14.5. The van der Waals surface area contributed by atoms with E-state index in [9.17, 15) is 9.59 Å². The standard InChI is InChI=1S/C21H21NO4/c1-4-21(3,20(22)24)26-14-9-10-16-17(12-19(23)25-18(16)11-14)15-8-6-5-7-13(15)2/h5-12H,4H2,1-3H3,(H2,22,24). The van der Waals surface area contributed by atoms with Crippen LogP contribution in [0, 0.1) is 6.92 Å². The normalized spacial score (nSPS) is 13.3. The smallest absolute Gasteiger partial charge is 0.336 e. The van der Waals surface area contributed by atoms with E-state index in [1.807, 2.05) is 44.2 Å². The SMILES string of the molecule is CCC(C)(Oc1ccc2c(-c3ccccc3C)cc(=O)oc2c1)C(N)=O. The maximum atomic E-state index is 12.1. The zero-order valence-electron chi connectivity index (χ0n) is 15.0. The van der Waals surface area contributed by atoms with E-state index in [0.717, 1.165) is 22.1 Å². The second-order valence-corrected chi connectivity index (χ2v) is 6.50. The van der Waals surface area contributed by atoms with E-state index in [1.54, 1.807) is 19.1 Å². The van der Waals surface area contributed by atoms with E-state index in [0.29, 0.717) is 17.8 Å². The van der Waals surface area contributed by atoms with Crippen LogP contribution in [-0.2, 0) is 4.79 Å². The van der Waals surface area contributed by atoms with E-state index in [1.165, 1.54) is 6.07 Å². The highest BCUT2D eigenvalue weighted by molar-refractivity contribution is 5.94. The molecule has 1 amide bonds. The number of nitrogens with two attached hydrogens (primary N) is 1. The summed E-state index contributed by atoms with van der Waals surface area (Å²) < 4.78 is 11.2. The Bertz CT molecular complexity index is 1040. The van der Waals surface area contributed by atoms with Crippen molar-refractivity contribution >= 4 is 16.9 Å². The number of fused-ring (bicyclic) bond motifs is 1. The summed E-state index contributed by atoms with van der Waals surface area (Å²) in [5.74, 6) is -0.124. The third-order valence-corrected chi connectivity index (χ3v) is 4.69. The van der Waals surface area contributed by atoms with Gasteiger partial charge in [-0.05, 0) is 43.5 Å². The van der Waals surface area contributed by atoms with Gasteiger partial charge in [-0.2, -0.15) is 0 Å². The highest BCUT2D eigenvalue weighted by Crippen LogP contribution is 2.32. The summed E-state index contributed by atoms with van der Waals surface area (Å²) in [6.07, 6.45) is 0.424. The molecule has 26 heavy (non-hydrogen) atoms. The number of carbonyl (C=O) groups is 1. The maximum absolute atomic E-state index is 12.1. The van der Waals surface area contributed by atoms with Crippen LogP contribution in [0.3, 0.4) is 0 Å². The van der Waals surface area contributed by atoms with Crippen molar-refractivity contribution in [2.45, 2.75) is 32.8 Å². The zero-order valence-corrected chi connectivity index (χ0v) is 15.0. The summed E-state index contributed by atoms with van der Waals surface area (Å²) in [6.45, 7) is 5.45. The minimum atomic E-state index is -1.12. The fourth-order valence-electron chi connectivity index (χ4n) is 2.86. The van der Waals surface area contributed by atoms with Gasteiger partial charge < -0.3 is 14.9 Å². The van der Waals surface area contributed by atoms with Crippen LogP contribution in [0.25, 0.3) is 22.1 Å². The van der Waals surface area contributed by atoms with Crippen molar-refractivity contribution in [2.75, 3.05) is 0 Å². The predicted molar refractivity (Wildman–Crippen MR) is 101 cm³/mol. The lowest BCUT2D eigenvalue weighted by atomic mass is 9.98. The summed E-state index contributed by atoms with van der Waals surface area (Å²) >= 11 is 0. The predicted octanol–water partition coefficient (Wildman–Crippen LogP) is 3.80. The van der Waals surface area contributed by atoms with Crippen molar-refractivity contribution in [2.24, 2.45) is 5.73 Å².